The van der Waals surface area contributed by atoms with Gasteiger partial charge < -0.3 is 32.3 Å². The van der Waals surface area contributed by atoms with E-state index in [-0.39, 0.29) is 6.04 Å². The molecule has 0 aromatic carbocycles. The van der Waals surface area contributed by atoms with Gasteiger partial charge in [0.15, 0.2) is 0 Å². The van der Waals surface area contributed by atoms with Gasteiger partial charge in [-0.15, -0.1) is 0 Å². The zero-order valence-electron chi connectivity index (χ0n) is 26.0. The molecule has 0 amide bonds. The zero-order chi connectivity index (χ0) is 29.5. The minimum Gasteiger partial charge on any atom is -0.368 e. The first-order valence-electron chi connectivity index (χ1n) is 17.1. The Balaban J connectivity index is 0.000000141. The van der Waals surface area contributed by atoms with Crippen LogP contribution in [0.15, 0.2) is 12.1 Å². The standard InChI is InChI=1S/C18H27N5.C15H25N5/c19-14-1-2-23(9-14)16-8-15(21-18(20)22-16)17-12-4-10-3-11(6-12)7-13(17)5-10;1-11-10-20(7-6-17-11)14-9-13(18-15(16)19-14)8-12-4-2-3-5-12/h8,10-14,17H,1-7,9,19H2,(H2,20,21,22);9,11-12,17H,2-8,10H2,1H3,(H2,16,18,19)/t10?,11?,12?,13?,14-,17?;/m1./s1. The van der Waals surface area contributed by atoms with Gasteiger partial charge in [-0.1, -0.05) is 25.7 Å². The zero-order valence-corrected chi connectivity index (χ0v) is 26.0. The first-order valence-corrected chi connectivity index (χ1v) is 17.1. The third kappa shape index (κ3) is 6.55. The monoisotopic (exact) mass is 588 g/mol. The highest BCUT2D eigenvalue weighted by Crippen LogP contribution is 2.59. The van der Waals surface area contributed by atoms with Gasteiger partial charge >= 0.3 is 0 Å². The summed E-state index contributed by atoms with van der Waals surface area (Å²) < 4.78 is 0. The maximum Gasteiger partial charge on any atom is 0.222 e. The van der Waals surface area contributed by atoms with Gasteiger partial charge in [0.2, 0.25) is 11.9 Å². The number of nitrogens with two attached hydrogens (primary N) is 3. The molecule has 7 aliphatic rings. The summed E-state index contributed by atoms with van der Waals surface area (Å²) in [7, 11) is 0. The van der Waals surface area contributed by atoms with Crippen LogP contribution in [0.3, 0.4) is 0 Å². The predicted octanol–water partition coefficient (Wildman–Crippen LogP) is 3.73. The Labute approximate surface area is 257 Å². The van der Waals surface area contributed by atoms with Crippen LogP contribution in [0.4, 0.5) is 23.5 Å². The molecule has 234 valence electrons. The molecule has 10 heteroatoms. The molecule has 2 aromatic heterocycles. The Kier molecular flexibility index (Phi) is 8.33. The van der Waals surface area contributed by atoms with Crippen molar-refractivity contribution in [1.29, 1.82) is 0 Å². The van der Waals surface area contributed by atoms with Gasteiger partial charge in [0.1, 0.15) is 11.6 Å². The molecule has 2 atom stereocenters. The van der Waals surface area contributed by atoms with Gasteiger partial charge in [-0.3, -0.25) is 0 Å². The smallest absolute Gasteiger partial charge is 0.222 e. The fourth-order valence-corrected chi connectivity index (χ4v) is 9.63. The summed E-state index contributed by atoms with van der Waals surface area (Å²) >= 11 is 0. The van der Waals surface area contributed by atoms with Crippen LogP contribution >= 0.6 is 0 Å². The average molecular weight is 589 g/mol. The van der Waals surface area contributed by atoms with E-state index in [1.165, 1.54) is 63.5 Å². The lowest BCUT2D eigenvalue weighted by molar-refractivity contribution is -0.00412. The fraction of sp³-hybridized carbons (Fsp3) is 0.758. The summed E-state index contributed by atoms with van der Waals surface area (Å²) in [6.07, 6.45) is 14.6. The summed E-state index contributed by atoms with van der Waals surface area (Å²) in [4.78, 5) is 22.6. The Morgan fingerprint density at radius 3 is 2.09 bits per heavy atom. The van der Waals surface area contributed by atoms with Gasteiger partial charge in [0.05, 0.1) is 5.69 Å². The van der Waals surface area contributed by atoms with Crippen LogP contribution in [0, 0.1) is 29.6 Å². The largest absolute Gasteiger partial charge is 0.368 e. The van der Waals surface area contributed by atoms with E-state index in [9.17, 15) is 0 Å². The number of hydrogen-bond acceptors (Lipinski definition) is 10. The number of nitrogens with zero attached hydrogens (tertiary/aromatic N) is 6. The topological polar surface area (TPSA) is 148 Å². The maximum absolute atomic E-state index is 6.07. The van der Waals surface area contributed by atoms with Crippen molar-refractivity contribution < 1.29 is 0 Å². The van der Waals surface area contributed by atoms with E-state index < -0.39 is 0 Å². The molecule has 2 aromatic rings. The van der Waals surface area contributed by atoms with Gasteiger partial charge in [-0.05, 0) is 81.5 Å². The van der Waals surface area contributed by atoms with Crippen LogP contribution < -0.4 is 32.3 Å². The molecular formula is C33H52N10. The van der Waals surface area contributed by atoms with Crippen molar-refractivity contribution in [3.8, 4) is 0 Å². The summed E-state index contributed by atoms with van der Waals surface area (Å²) in [5, 5.41) is 3.45. The number of nitrogen functional groups attached to an aromatic ring is 2. The average Bonchev–Trinajstić information content (AvgIpc) is 3.64. The number of piperazine rings is 1. The number of anilines is 4. The highest BCUT2D eigenvalue weighted by atomic mass is 15.3. The summed E-state index contributed by atoms with van der Waals surface area (Å²) in [5.41, 5.74) is 20.4. The van der Waals surface area contributed by atoms with E-state index in [0.717, 1.165) is 92.5 Å². The molecule has 1 unspecified atom stereocenters. The molecule has 2 aliphatic heterocycles. The number of aromatic nitrogens is 4. The third-order valence-corrected chi connectivity index (χ3v) is 11.3. The summed E-state index contributed by atoms with van der Waals surface area (Å²) in [6.45, 7) is 7.05. The molecular weight excluding hydrogens is 536 g/mol. The van der Waals surface area contributed by atoms with Crippen molar-refractivity contribution in [3.05, 3.63) is 23.5 Å². The van der Waals surface area contributed by atoms with E-state index in [2.05, 4.69) is 54.1 Å². The van der Waals surface area contributed by atoms with Crippen LogP contribution in [0.25, 0.3) is 0 Å². The first-order chi connectivity index (χ1) is 20.9. The lowest BCUT2D eigenvalue weighted by atomic mass is 9.51. The van der Waals surface area contributed by atoms with E-state index >= 15 is 0 Å². The molecule has 0 radical (unpaired) electrons. The first kappa shape index (κ1) is 29.0. The lowest BCUT2D eigenvalue weighted by Gasteiger charge is -2.54. The van der Waals surface area contributed by atoms with Crippen molar-refractivity contribution in [3.63, 3.8) is 0 Å². The summed E-state index contributed by atoms with van der Waals surface area (Å²) in [5.74, 6) is 7.89. The van der Waals surface area contributed by atoms with Gasteiger partial charge in [0.25, 0.3) is 0 Å². The molecule has 7 N–H and O–H groups in total. The number of rotatable bonds is 5. The molecule has 4 heterocycles. The van der Waals surface area contributed by atoms with Gasteiger partial charge in [-0.25, -0.2) is 9.97 Å². The van der Waals surface area contributed by atoms with Gasteiger partial charge in [0, 0.05) is 68.6 Å². The lowest BCUT2D eigenvalue weighted by Crippen LogP contribution is -2.49. The molecule has 2 saturated heterocycles. The molecule has 9 rings (SSSR count). The quantitative estimate of drug-likeness (QED) is 0.407. The Hall–Kier alpha value is -2.72. The van der Waals surface area contributed by atoms with Crippen LogP contribution in [-0.4, -0.2) is 64.7 Å². The molecule has 7 fully saturated rings. The summed E-state index contributed by atoms with van der Waals surface area (Å²) in [6, 6.07) is 5.13. The van der Waals surface area contributed by atoms with Crippen LogP contribution in [-0.2, 0) is 6.42 Å². The molecule has 10 nitrogen and oxygen atoms in total. The second-order valence-electron chi connectivity index (χ2n) is 14.7. The highest BCUT2D eigenvalue weighted by Gasteiger charge is 2.49. The minimum atomic E-state index is 0.260. The van der Waals surface area contributed by atoms with E-state index in [0.29, 0.717) is 23.9 Å². The third-order valence-electron chi connectivity index (χ3n) is 11.3. The van der Waals surface area contributed by atoms with E-state index in [4.69, 9.17) is 17.2 Å². The molecule has 5 saturated carbocycles. The second kappa shape index (κ2) is 12.3. The molecule has 4 bridgehead atoms. The Morgan fingerprint density at radius 2 is 1.44 bits per heavy atom. The van der Waals surface area contributed by atoms with Crippen LogP contribution in [0.1, 0.15) is 88.4 Å². The van der Waals surface area contributed by atoms with Crippen LogP contribution in [0.5, 0.6) is 0 Å². The highest BCUT2D eigenvalue weighted by molar-refractivity contribution is 5.46. The van der Waals surface area contributed by atoms with Crippen molar-refractivity contribution in [2.45, 2.75) is 95.6 Å². The number of nitrogens with one attached hydrogen (secondary N) is 1. The molecule has 5 aliphatic carbocycles. The SMILES string of the molecule is CC1CN(c2cc(CC3CCCC3)nc(N)n2)CCN1.Nc1nc(C2C3CC4CC(C3)CC2C4)cc(N2CC[C@@H](N)C2)n1. The minimum absolute atomic E-state index is 0.260. The van der Waals surface area contributed by atoms with Crippen LogP contribution in [0.2, 0.25) is 0 Å². The van der Waals surface area contributed by atoms with E-state index in [1.807, 2.05) is 0 Å². The van der Waals surface area contributed by atoms with Crippen molar-refractivity contribution in [2.75, 3.05) is 54.0 Å². The normalized spacial score (nSPS) is 33.6. The number of hydrogen-bond donors (Lipinski definition) is 4. The van der Waals surface area contributed by atoms with Gasteiger partial charge in [-0.2, -0.15) is 9.97 Å². The second-order valence-corrected chi connectivity index (χ2v) is 14.7. The Bertz CT molecular complexity index is 1230. The molecule has 43 heavy (non-hydrogen) atoms. The van der Waals surface area contributed by atoms with Crippen molar-refractivity contribution in [1.82, 2.24) is 25.3 Å². The van der Waals surface area contributed by atoms with Crippen molar-refractivity contribution in [2.24, 2.45) is 35.3 Å². The van der Waals surface area contributed by atoms with Crippen molar-refractivity contribution >= 4 is 23.5 Å². The maximum atomic E-state index is 6.07. The molecule has 0 spiro atoms. The fourth-order valence-electron chi connectivity index (χ4n) is 9.63. The van der Waals surface area contributed by atoms with E-state index in [1.54, 1.807) is 0 Å². The predicted molar refractivity (Wildman–Crippen MR) is 173 cm³/mol. The Morgan fingerprint density at radius 1 is 0.791 bits per heavy atom.